The number of furan rings is 1. The van der Waals surface area contributed by atoms with E-state index in [0.717, 1.165) is 49.9 Å². The van der Waals surface area contributed by atoms with Gasteiger partial charge in [-0.1, -0.05) is 6.07 Å². The molecule has 4 nitrogen and oxygen atoms in total. The van der Waals surface area contributed by atoms with Crippen LogP contribution in [-0.4, -0.2) is 37.6 Å². The minimum atomic E-state index is 0.817. The largest absolute Gasteiger partial charge is 0.469 e. The van der Waals surface area contributed by atoms with E-state index in [0.29, 0.717) is 0 Å². The average molecular weight is 338 g/mol. The molecule has 2 heterocycles. The fraction of sp³-hybridized carbons (Fsp3) is 0.438. The fourth-order valence-electron chi connectivity index (χ4n) is 1.94. The third-order valence-corrected chi connectivity index (χ3v) is 4.58. The van der Waals surface area contributed by atoms with E-state index < -0.39 is 0 Å². The first-order valence-corrected chi connectivity index (χ1v) is 9.71. The molecule has 2 aromatic heterocycles. The highest BCUT2D eigenvalue weighted by Crippen LogP contribution is 2.08. The van der Waals surface area contributed by atoms with Crippen LogP contribution < -0.4 is 10.6 Å². The van der Waals surface area contributed by atoms with Gasteiger partial charge in [0.25, 0.3) is 0 Å². The SMILES string of the molecule is CSCCN=C(NCCc1ccco1)NCCc1cccs1. The van der Waals surface area contributed by atoms with Gasteiger partial charge in [-0.3, -0.25) is 4.99 Å². The topological polar surface area (TPSA) is 49.6 Å². The van der Waals surface area contributed by atoms with Crippen LogP contribution in [0.15, 0.2) is 45.3 Å². The molecule has 0 bridgehead atoms. The second-order valence-electron chi connectivity index (χ2n) is 4.74. The van der Waals surface area contributed by atoms with Crippen LogP contribution in [0.5, 0.6) is 0 Å². The van der Waals surface area contributed by atoms with Gasteiger partial charge in [-0.05, 0) is 36.3 Å². The molecule has 0 aliphatic rings. The van der Waals surface area contributed by atoms with E-state index in [2.05, 4.69) is 39.4 Å². The molecule has 0 aliphatic heterocycles. The second-order valence-corrected chi connectivity index (χ2v) is 6.75. The highest BCUT2D eigenvalue weighted by atomic mass is 32.2. The molecule has 6 heteroatoms. The van der Waals surface area contributed by atoms with Crippen LogP contribution >= 0.6 is 23.1 Å². The Hall–Kier alpha value is -1.40. The minimum absolute atomic E-state index is 0.817. The highest BCUT2D eigenvalue weighted by Gasteiger charge is 2.01. The molecule has 0 aliphatic carbocycles. The normalized spacial score (nSPS) is 11.6. The Balaban J connectivity index is 1.73. The van der Waals surface area contributed by atoms with Crippen LogP contribution in [-0.2, 0) is 12.8 Å². The molecule has 0 radical (unpaired) electrons. The van der Waals surface area contributed by atoms with Gasteiger partial charge in [0.15, 0.2) is 5.96 Å². The summed E-state index contributed by atoms with van der Waals surface area (Å²) < 4.78 is 5.34. The number of aliphatic imine (C=N–C) groups is 1. The lowest BCUT2D eigenvalue weighted by Gasteiger charge is -2.12. The lowest BCUT2D eigenvalue weighted by Crippen LogP contribution is -2.39. The summed E-state index contributed by atoms with van der Waals surface area (Å²) in [6, 6.07) is 8.18. The van der Waals surface area contributed by atoms with Crippen molar-refractivity contribution in [1.82, 2.24) is 10.6 Å². The van der Waals surface area contributed by atoms with Gasteiger partial charge in [-0.2, -0.15) is 11.8 Å². The van der Waals surface area contributed by atoms with Gasteiger partial charge in [-0.15, -0.1) is 11.3 Å². The minimum Gasteiger partial charge on any atom is -0.469 e. The Labute approximate surface area is 140 Å². The predicted molar refractivity (Wildman–Crippen MR) is 97.1 cm³/mol. The predicted octanol–water partition coefficient (Wildman–Crippen LogP) is 3.02. The van der Waals surface area contributed by atoms with E-state index >= 15 is 0 Å². The maximum Gasteiger partial charge on any atom is 0.191 e. The van der Waals surface area contributed by atoms with Crippen molar-refractivity contribution < 1.29 is 4.42 Å². The lowest BCUT2D eigenvalue weighted by molar-refractivity contribution is 0.507. The van der Waals surface area contributed by atoms with Gasteiger partial charge in [0.05, 0.1) is 12.8 Å². The Bertz CT molecular complexity index is 481. The quantitative estimate of drug-likeness (QED) is 0.419. The summed E-state index contributed by atoms with van der Waals surface area (Å²) >= 11 is 3.61. The standard InChI is InChI=1S/C16H23N3OS2/c1-21-13-10-19-16(17-8-6-14-4-2-11-20-14)18-9-7-15-5-3-12-22-15/h2-5,11-12H,6-10,13H2,1H3,(H2,17,18,19). The molecule has 0 amide bonds. The van der Waals surface area contributed by atoms with E-state index in [1.165, 1.54) is 4.88 Å². The lowest BCUT2D eigenvalue weighted by atomic mass is 10.3. The van der Waals surface area contributed by atoms with Crippen LogP contribution in [0.3, 0.4) is 0 Å². The van der Waals surface area contributed by atoms with Crippen LogP contribution in [0, 0.1) is 0 Å². The number of hydrogen-bond acceptors (Lipinski definition) is 4. The molecule has 2 rings (SSSR count). The fourth-order valence-corrected chi connectivity index (χ4v) is 2.92. The second kappa shape index (κ2) is 10.3. The monoisotopic (exact) mass is 337 g/mol. The van der Waals surface area contributed by atoms with E-state index in [1.807, 2.05) is 23.9 Å². The molecule has 22 heavy (non-hydrogen) atoms. The molecule has 120 valence electrons. The van der Waals surface area contributed by atoms with Crippen molar-refractivity contribution in [2.45, 2.75) is 12.8 Å². The maximum absolute atomic E-state index is 5.34. The van der Waals surface area contributed by atoms with Crippen molar-refractivity contribution >= 4 is 29.1 Å². The number of hydrogen-bond donors (Lipinski definition) is 2. The summed E-state index contributed by atoms with van der Waals surface area (Å²) in [5.41, 5.74) is 0. The molecule has 2 N–H and O–H groups in total. The molecule has 0 saturated carbocycles. The summed E-state index contributed by atoms with van der Waals surface area (Å²) in [6.07, 6.45) is 5.70. The number of guanidine groups is 1. The highest BCUT2D eigenvalue weighted by molar-refractivity contribution is 7.98. The van der Waals surface area contributed by atoms with Crippen LogP contribution in [0.25, 0.3) is 0 Å². The molecular formula is C16H23N3OS2. The third kappa shape index (κ3) is 6.58. The van der Waals surface area contributed by atoms with E-state index in [9.17, 15) is 0 Å². The number of nitrogens with zero attached hydrogens (tertiary/aromatic N) is 1. The van der Waals surface area contributed by atoms with Crippen molar-refractivity contribution in [1.29, 1.82) is 0 Å². The van der Waals surface area contributed by atoms with Crippen LogP contribution in [0.2, 0.25) is 0 Å². The van der Waals surface area contributed by atoms with Crippen molar-refractivity contribution in [3.63, 3.8) is 0 Å². The summed E-state index contributed by atoms with van der Waals surface area (Å²) in [7, 11) is 0. The molecular weight excluding hydrogens is 314 g/mol. The Kier molecular flexibility index (Phi) is 7.98. The van der Waals surface area contributed by atoms with E-state index in [4.69, 9.17) is 4.42 Å². The zero-order chi connectivity index (χ0) is 15.5. The van der Waals surface area contributed by atoms with Gasteiger partial charge < -0.3 is 15.1 Å². The summed E-state index contributed by atoms with van der Waals surface area (Å²) in [4.78, 5) is 5.99. The van der Waals surface area contributed by atoms with E-state index in [1.54, 1.807) is 17.6 Å². The molecule has 0 saturated heterocycles. The van der Waals surface area contributed by atoms with Gasteiger partial charge in [0, 0.05) is 30.1 Å². The average Bonchev–Trinajstić information content (AvgIpc) is 3.20. The smallest absolute Gasteiger partial charge is 0.191 e. The Morgan fingerprint density at radius 2 is 2.09 bits per heavy atom. The first kappa shape index (κ1) is 17.0. The van der Waals surface area contributed by atoms with Gasteiger partial charge >= 0.3 is 0 Å². The van der Waals surface area contributed by atoms with Crippen molar-refractivity contribution in [2.75, 3.05) is 31.6 Å². The number of rotatable bonds is 9. The number of nitrogens with one attached hydrogen (secondary N) is 2. The zero-order valence-electron chi connectivity index (χ0n) is 12.9. The van der Waals surface area contributed by atoms with Crippen molar-refractivity contribution in [2.24, 2.45) is 4.99 Å². The number of thiophene rings is 1. The van der Waals surface area contributed by atoms with Gasteiger partial charge in [-0.25, -0.2) is 0 Å². The zero-order valence-corrected chi connectivity index (χ0v) is 14.5. The third-order valence-electron chi connectivity index (χ3n) is 3.05. The van der Waals surface area contributed by atoms with Gasteiger partial charge in [0.1, 0.15) is 5.76 Å². The molecule has 0 unspecified atom stereocenters. The first-order valence-electron chi connectivity index (χ1n) is 7.44. The van der Waals surface area contributed by atoms with Crippen LogP contribution in [0.1, 0.15) is 10.6 Å². The molecule has 0 aromatic carbocycles. The van der Waals surface area contributed by atoms with Crippen LogP contribution in [0.4, 0.5) is 0 Å². The van der Waals surface area contributed by atoms with Crippen molar-refractivity contribution in [3.8, 4) is 0 Å². The van der Waals surface area contributed by atoms with Gasteiger partial charge in [0.2, 0.25) is 0 Å². The molecule has 0 fully saturated rings. The molecule has 0 spiro atoms. The Morgan fingerprint density at radius 1 is 1.23 bits per heavy atom. The van der Waals surface area contributed by atoms with Crippen molar-refractivity contribution in [3.05, 3.63) is 46.5 Å². The Morgan fingerprint density at radius 3 is 2.77 bits per heavy atom. The first-order chi connectivity index (χ1) is 10.9. The summed E-state index contributed by atoms with van der Waals surface area (Å²) in [5.74, 6) is 2.92. The summed E-state index contributed by atoms with van der Waals surface area (Å²) in [5, 5.41) is 8.89. The van der Waals surface area contributed by atoms with E-state index in [-0.39, 0.29) is 0 Å². The number of thioether (sulfide) groups is 1. The summed E-state index contributed by atoms with van der Waals surface area (Å²) in [6.45, 7) is 2.54. The maximum atomic E-state index is 5.34. The molecule has 0 atom stereocenters. The molecule has 2 aromatic rings.